The van der Waals surface area contributed by atoms with Gasteiger partial charge in [-0.15, -0.1) is 0 Å². The van der Waals surface area contributed by atoms with Crippen LogP contribution in [-0.2, 0) is 0 Å². The van der Waals surface area contributed by atoms with Gasteiger partial charge in [0.15, 0.2) is 5.78 Å². The van der Waals surface area contributed by atoms with Crippen molar-refractivity contribution in [1.29, 1.82) is 5.26 Å². The highest BCUT2D eigenvalue weighted by molar-refractivity contribution is 6.11. The largest absolute Gasteiger partial charge is 0.383 e. The third-order valence-electron chi connectivity index (χ3n) is 7.89. The smallest absolute Gasteiger partial charge is 0.256 e. The summed E-state index contributed by atoms with van der Waals surface area (Å²) >= 11 is 0. The molecule has 0 aliphatic carbocycles. The normalized spacial score (nSPS) is 10.8. The van der Waals surface area contributed by atoms with E-state index in [1.165, 1.54) is 0 Å². The number of imidazole rings is 1. The third-order valence-corrected chi connectivity index (χ3v) is 7.89. The minimum Gasteiger partial charge on any atom is -0.383 e. The van der Waals surface area contributed by atoms with Gasteiger partial charge in [0.05, 0.1) is 22.3 Å². The van der Waals surface area contributed by atoms with Crippen LogP contribution in [0.3, 0.4) is 0 Å². The van der Waals surface area contributed by atoms with Crippen LogP contribution in [0.5, 0.6) is 0 Å². The summed E-state index contributed by atoms with van der Waals surface area (Å²) < 4.78 is 0. The maximum absolute atomic E-state index is 13.5. The Morgan fingerprint density at radius 1 is 0.702 bits per heavy atom. The van der Waals surface area contributed by atoms with Gasteiger partial charge in [0.1, 0.15) is 23.3 Å². The zero-order chi connectivity index (χ0) is 32.3. The number of anilines is 2. The van der Waals surface area contributed by atoms with Crippen LogP contribution in [0.1, 0.15) is 31.8 Å². The number of rotatable bonds is 7. The molecular formula is C39H26N6O2. The van der Waals surface area contributed by atoms with Crippen LogP contribution in [0.4, 0.5) is 11.5 Å². The highest BCUT2D eigenvalue weighted by atomic mass is 16.1. The number of amides is 1. The van der Waals surface area contributed by atoms with Crippen LogP contribution < -0.4 is 11.1 Å². The zero-order valence-electron chi connectivity index (χ0n) is 24.9. The van der Waals surface area contributed by atoms with Gasteiger partial charge in [-0.3, -0.25) is 9.59 Å². The van der Waals surface area contributed by atoms with E-state index in [1.807, 2.05) is 78.9 Å². The summed E-state index contributed by atoms with van der Waals surface area (Å²) in [6.45, 7) is 0. The molecule has 0 radical (unpaired) electrons. The van der Waals surface area contributed by atoms with E-state index in [0.717, 1.165) is 11.1 Å². The summed E-state index contributed by atoms with van der Waals surface area (Å²) in [5.74, 6) is 0.289. The average Bonchev–Trinajstić information content (AvgIpc) is 3.55. The number of H-pyrrole nitrogens is 1. The Bertz CT molecular complexity index is 2320. The minimum atomic E-state index is -0.305. The first-order chi connectivity index (χ1) is 23.0. The molecule has 0 atom stereocenters. The summed E-state index contributed by atoms with van der Waals surface area (Å²) in [7, 11) is 0. The van der Waals surface area contributed by atoms with Crippen molar-refractivity contribution in [2.24, 2.45) is 0 Å². The number of carbonyl (C=O) groups excluding carboxylic acids is 2. The molecule has 8 nitrogen and oxygen atoms in total. The third kappa shape index (κ3) is 5.72. The number of nitrogens with two attached hydrogens (primary N) is 1. The van der Waals surface area contributed by atoms with Crippen molar-refractivity contribution in [3.63, 3.8) is 0 Å². The lowest BCUT2D eigenvalue weighted by Gasteiger charge is -2.12. The van der Waals surface area contributed by atoms with Crippen LogP contribution in [0.15, 0.2) is 133 Å². The molecular weight excluding hydrogens is 584 g/mol. The van der Waals surface area contributed by atoms with Crippen LogP contribution in [0.25, 0.3) is 44.8 Å². The maximum Gasteiger partial charge on any atom is 0.256 e. The molecule has 7 rings (SSSR count). The first kappa shape index (κ1) is 28.9. The van der Waals surface area contributed by atoms with Crippen molar-refractivity contribution in [1.82, 2.24) is 15.0 Å². The van der Waals surface area contributed by atoms with Crippen LogP contribution >= 0.6 is 0 Å². The van der Waals surface area contributed by atoms with E-state index in [2.05, 4.69) is 21.4 Å². The Balaban J connectivity index is 1.13. The molecule has 4 N–H and O–H groups in total. The second-order valence-electron chi connectivity index (χ2n) is 10.9. The SMILES string of the molecule is N#Cc1c(-c2ccccc2)cc(-c2ccc(NC(=O)c3ccccc3-c3nc4ccc(C(=O)c5ccccc5)cc4[nH]3)cc2)nc1N. The highest BCUT2D eigenvalue weighted by Crippen LogP contribution is 2.32. The second-order valence-corrected chi connectivity index (χ2v) is 10.9. The molecule has 7 aromatic rings. The lowest BCUT2D eigenvalue weighted by atomic mass is 9.98. The van der Waals surface area contributed by atoms with Crippen LogP contribution in [-0.4, -0.2) is 26.6 Å². The molecule has 0 spiro atoms. The average molecular weight is 611 g/mol. The number of nitrogens with zero attached hydrogens (tertiary/aromatic N) is 3. The second kappa shape index (κ2) is 12.3. The Morgan fingerprint density at radius 2 is 1.40 bits per heavy atom. The van der Waals surface area contributed by atoms with Crippen LogP contribution in [0.2, 0.25) is 0 Å². The predicted molar refractivity (Wildman–Crippen MR) is 184 cm³/mol. The summed E-state index contributed by atoms with van der Waals surface area (Å²) in [6.07, 6.45) is 0. The number of ketones is 1. The Morgan fingerprint density at radius 3 is 2.15 bits per heavy atom. The minimum absolute atomic E-state index is 0.0792. The van der Waals surface area contributed by atoms with Crippen molar-refractivity contribution < 1.29 is 9.59 Å². The van der Waals surface area contributed by atoms with E-state index in [1.54, 1.807) is 54.6 Å². The fourth-order valence-corrected chi connectivity index (χ4v) is 5.52. The Hall–Kier alpha value is -6.85. The van der Waals surface area contributed by atoms with Crippen molar-refractivity contribution in [2.75, 3.05) is 11.1 Å². The molecule has 5 aromatic carbocycles. The van der Waals surface area contributed by atoms with E-state index in [-0.39, 0.29) is 17.5 Å². The number of nitrogens with one attached hydrogen (secondary N) is 2. The molecule has 224 valence electrons. The fraction of sp³-hybridized carbons (Fsp3) is 0. The maximum atomic E-state index is 13.5. The van der Waals surface area contributed by atoms with Gasteiger partial charge in [-0.25, -0.2) is 9.97 Å². The van der Waals surface area contributed by atoms with E-state index < -0.39 is 0 Å². The lowest BCUT2D eigenvalue weighted by Crippen LogP contribution is -2.13. The van der Waals surface area contributed by atoms with Gasteiger partial charge in [0.2, 0.25) is 0 Å². The molecule has 0 saturated carbocycles. The van der Waals surface area contributed by atoms with E-state index in [9.17, 15) is 14.9 Å². The predicted octanol–water partition coefficient (Wildman–Crippen LogP) is 7.90. The van der Waals surface area contributed by atoms with E-state index in [4.69, 9.17) is 10.7 Å². The standard InChI is InChI=1S/C39H26N6O2/c40-23-32-31(24-9-3-1-4-10-24)22-34(43-37(32)41)25-15-18-28(19-16-25)42-39(47)30-14-8-7-13-29(30)38-44-33-20-17-27(21-35(33)45-38)36(46)26-11-5-2-6-12-26/h1-22H,(H2,41,43)(H,42,47)(H,44,45). The Labute approximate surface area is 270 Å². The molecule has 0 fully saturated rings. The van der Waals surface area contributed by atoms with E-state index >= 15 is 0 Å². The summed E-state index contributed by atoms with van der Waals surface area (Å²) in [6, 6.07) is 42.5. The molecule has 8 heteroatoms. The number of carbonyl (C=O) groups is 2. The molecule has 0 unspecified atom stereocenters. The van der Waals surface area contributed by atoms with Gasteiger partial charge >= 0.3 is 0 Å². The summed E-state index contributed by atoms with van der Waals surface area (Å²) in [5, 5.41) is 12.7. The first-order valence-electron chi connectivity index (χ1n) is 14.9. The van der Waals surface area contributed by atoms with Gasteiger partial charge in [-0.1, -0.05) is 91.0 Å². The number of pyridine rings is 1. The number of hydrogen-bond donors (Lipinski definition) is 3. The van der Waals surface area contributed by atoms with Crippen LogP contribution in [0, 0.1) is 11.3 Å². The van der Waals surface area contributed by atoms with Crippen molar-refractivity contribution in [2.45, 2.75) is 0 Å². The van der Waals surface area contributed by atoms with Crippen molar-refractivity contribution in [3.8, 4) is 39.8 Å². The van der Waals surface area contributed by atoms with Gasteiger partial charge in [-0.05, 0) is 48.0 Å². The van der Waals surface area contributed by atoms with Gasteiger partial charge in [0.25, 0.3) is 5.91 Å². The summed E-state index contributed by atoms with van der Waals surface area (Å²) in [5.41, 5.74) is 13.7. The number of hydrogen-bond acceptors (Lipinski definition) is 6. The number of nitrogen functional groups attached to an aromatic ring is 1. The number of fused-ring (bicyclic) bond motifs is 1. The number of benzene rings is 5. The number of aromatic amines is 1. The Kier molecular flexibility index (Phi) is 7.54. The molecule has 2 aromatic heterocycles. The lowest BCUT2D eigenvalue weighted by molar-refractivity contribution is 0.102. The molecule has 0 saturated heterocycles. The molecule has 47 heavy (non-hydrogen) atoms. The topological polar surface area (TPSA) is 138 Å². The van der Waals surface area contributed by atoms with Crippen molar-refractivity contribution in [3.05, 3.63) is 156 Å². The molecule has 0 aliphatic heterocycles. The van der Waals surface area contributed by atoms with Gasteiger partial charge < -0.3 is 16.0 Å². The quantitative estimate of drug-likeness (QED) is 0.157. The molecule has 1 amide bonds. The highest BCUT2D eigenvalue weighted by Gasteiger charge is 2.18. The molecule has 0 bridgehead atoms. The van der Waals surface area contributed by atoms with E-state index in [0.29, 0.717) is 61.6 Å². The zero-order valence-corrected chi connectivity index (χ0v) is 24.9. The molecule has 0 aliphatic rings. The van der Waals surface area contributed by atoms with Gasteiger partial charge in [-0.2, -0.15) is 5.26 Å². The van der Waals surface area contributed by atoms with Crippen molar-refractivity contribution >= 4 is 34.2 Å². The fourth-order valence-electron chi connectivity index (χ4n) is 5.52. The van der Waals surface area contributed by atoms with Gasteiger partial charge in [0, 0.05) is 33.5 Å². The number of aromatic nitrogens is 3. The monoisotopic (exact) mass is 610 g/mol. The number of nitriles is 1. The summed E-state index contributed by atoms with van der Waals surface area (Å²) in [4.78, 5) is 39.0. The molecule has 2 heterocycles. The first-order valence-corrected chi connectivity index (χ1v) is 14.9.